The maximum absolute atomic E-state index is 13.5. The van der Waals surface area contributed by atoms with Gasteiger partial charge >= 0.3 is 6.01 Å². The van der Waals surface area contributed by atoms with E-state index in [9.17, 15) is 4.39 Å². The zero-order chi connectivity index (χ0) is 16.7. The summed E-state index contributed by atoms with van der Waals surface area (Å²) in [4.78, 5) is 18.1. The average molecular weight is 317 g/mol. The molecule has 0 amide bonds. The molecule has 2 rings (SSSR count). The molecule has 0 aliphatic heterocycles. The molecule has 23 heavy (non-hydrogen) atoms. The number of nitrogens with zero attached hydrogens (tertiary/aromatic N) is 5. The molecule has 0 N–H and O–H groups in total. The number of aromatic nitrogens is 2. The Labute approximate surface area is 133 Å². The zero-order valence-electron chi connectivity index (χ0n) is 13.0. The number of halogens is 1. The van der Waals surface area contributed by atoms with E-state index in [1.54, 1.807) is 38.2 Å². The van der Waals surface area contributed by atoms with Crippen molar-refractivity contribution in [3.05, 3.63) is 41.8 Å². The third-order valence-electron chi connectivity index (χ3n) is 2.57. The van der Waals surface area contributed by atoms with Crippen LogP contribution in [-0.4, -0.2) is 48.6 Å². The van der Waals surface area contributed by atoms with Crippen LogP contribution in [-0.2, 0) is 0 Å². The summed E-state index contributed by atoms with van der Waals surface area (Å²) in [5.41, 5.74) is 0.804. The molecule has 0 atom stereocenters. The standard InChI is InChI=1S/C15H16FN5O2/c1-21(2)10-18-14-13(16)9-17-15(20-14)23-19-8-11-4-6-12(22-3)7-5-11/h4-10H,1-3H3/b18-10-,19-8+. The van der Waals surface area contributed by atoms with Gasteiger partial charge in [-0.2, -0.15) is 9.97 Å². The van der Waals surface area contributed by atoms with Crippen LogP contribution in [0.15, 0.2) is 40.6 Å². The second kappa shape index (κ2) is 7.83. The van der Waals surface area contributed by atoms with Gasteiger partial charge < -0.3 is 14.5 Å². The van der Waals surface area contributed by atoms with Crippen molar-refractivity contribution in [2.24, 2.45) is 10.1 Å². The van der Waals surface area contributed by atoms with Gasteiger partial charge in [-0.3, -0.25) is 0 Å². The van der Waals surface area contributed by atoms with E-state index in [1.807, 2.05) is 12.1 Å². The van der Waals surface area contributed by atoms with Crippen molar-refractivity contribution in [1.29, 1.82) is 0 Å². The number of rotatable bonds is 6. The lowest BCUT2D eigenvalue weighted by molar-refractivity contribution is 0.313. The molecule has 7 nitrogen and oxygen atoms in total. The quantitative estimate of drug-likeness (QED) is 0.464. The highest BCUT2D eigenvalue weighted by Gasteiger charge is 2.06. The van der Waals surface area contributed by atoms with Gasteiger partial charge in [-0.15, -0.1) is 0 Å². The van der Waals surface area contributed by atoms with Gasteiger partial charge in [0.25, 0.3) is 0 Å². The Bertz CT molecular complexity index is 702. The fraction of sp³-hybridized carbons (Fsp3) is 0.200. The molecule has 120 valence electrons. The van der Waals surface area contributed by atoms with Crippen molar-refractivity contribution in [3.63, 3.8) is 0 Å². The van der Waals surface area contributed by atoms with Crippen LogP contribution in [0.25, 0.3) is 0 Å². The number of oxime groups is 1. The van der Waals surface area contributed by atoms with Crippen LogP contribution in [0, 0.1) is 5.82 Å². The van der Waals surface area contributed by atoms with Crippen LogP contribution in [0.2, 0.25) is 0 Å². The molecule has 1 aromatic heterocycles. The predicted octanol–water partition coefficient (Wildman–Crippen LogP) is 2.26. The summed E-state index contributed by atoms with van der Waals surface area (Å²) in [7, 11) is 5.12. The lowest BCUT2D eigenvalue weighted by atomic mass is 10.2. The minimum absolute atomic E-state index is 0.0953. The number of methoxy groups -OCH3 is 1. The fourth-order valence-corrected chi connectivity index (χ4v) is 1.47. The van der Waals surface area contributed by atoms with E-state index in [2.05, 4.69) is 20.1 Å². The molecule has 0 saturated carbocycles. The molecule has 0 aliphatic rings. The molecule has 0 bridgehead atoms. The van der Waals surface area contributed by atoms with E-state index < -0.39 is 5.82 Å². The van der Waals surface area contributed by atoms with Gasteiger partial charge in [-0.1, -0.05) is 5.16 Å². The molecule has 0 radical (unpaired) electrons. The van der Waals surface area contributed by atoms with Crippen molar-refractivity contribution in [1.82, 2.24) is 14.9 Å². The number of aliphatic imine (C=N–C) groups is 1. The summed E-state index contributed by atoms with van der Waals surface area (Å²) in [6, 6.07) is 7.11. The first-order valence-corrected chi connectivity index (χ1v) is 6.66. The van der Waals surface area contributed by atoms with Gasteiger partial charge in [0.05, 0.1) is 25.9 Å². The van der Waals surface area contributed by atoms with Crippen LogP contribution >= 0.6 is 0 Å². The molecule has 1 heterocycles. The van der Waals surface area contributed by atoms with Crippen molar-refractivity contribution >= 4 is 18.4 Å². The molecule has 0 fully saturated rings. The van der Waals surface area contributed by atoms with Crippen molar-refractivity contribution < 1.29 is 14.0 Å². The maximum Gasteiger partial charge on any atom is 0.347 e. The molecule has 2 aromatic rings. The van der Waals surface area contributed by atoms with Crippen LogP contribution < -0.4 is 9.57 Å². The maximum atomic E-state index is 13.5. The van der Waals surface area contributed by atoms with Crippen molar-refractivity contribution in [2.45, 2.75) is 0 Å². The van der Waals surface area contributed by atoms with E-state index >= 15 is 0 Å². The number of hydrogen-bond acceptors (Lipinski definition) is 6. The molecule has 0 spiro atoms. The van der Waals surface area contributed by atoms with Gasteiger partial charge in [0, 0.05) is 14.1 Å². The largest absolute Gasteiger partial charge is 0.497 e. The number of ether oxygens (including phenoxy) is 1. The Hall–Kier alpha value is -3.03. The Morgan fingerprint density at radius 3 is 2.61 bits per heavy atom. The third-order valence-corrected chi connectivity index (χ3v) is 2.57. The van der Waals surface area contributed by atoms with E-state index in [0.29, 0.717) is 0 Å². The molecule has 0 aliphatic carbocycles. The van der Waals surface area contributed by atoms with Crippen LogP contribution in [0.4, 0.5) is 10.2 Å². The monoisotopic (exact) mass is 317 g/mol. The molecule has 0 saturated heterocycles. The highest BCUT2D eigenvalue weighted by Crippen LogP contribution is 2.16. The molecular weight excluding hydrogens is 301 g/mol. The molecule has 1 aromatic carbocycles. The van der Waals surface area contributed by atoms with Gasteiger partial charge in [0.15, 0.2) is 11.6 Å². The summed E-state index contributed by atoms with van der Waals surface area (Å²) in [5.74, 6) is -0.0220. The van der Waals surface area contributed by atoms with E-state index in [0.717, 1.165) is 17.5 Å². The van der Waals surface area contributed by atoms with Crippen LogP contribution in [0.5, 0.6) is 11.8 Å². The molecule has 0 unspecified atom stereocenters. The van der Waals surface area contributed by atoms with Gasteiger partial charge in [0.1, 0.15) is 5.75 Å². The van der Waals surface area contributed by atoms with E-state index in [4.69, 9.17) is 9.57 Å². The summed E-state index contributed by atoms with van der Waals surface area (Å²) < 4.78 is 18.6. The minimum atomic E-state index is -0.644. The first-order chi connectivity index (χ1) is 11.1. The van der Waals surface area contributed by atoms with Gasteiger partial charge in [-0.25, -0.2) is 9.38 Å². The zero-order valence-corrected chi connectivity index (χ0v) is 13.0. The summed E-state index contributed by atoms with van der Waals surface area (Å²) in [5, 5.41) is 3.76. The SMILES string of the molecule is COc1ccc(/C=N/Oc2ncc(F)c(/N=C\N(C)C)n2)cc1. The Morgan fingerprint density at radius 1 is 1.22 bits per heavy atom. The molecule has 8 heteroatoms. The van der Waals surface area contributed by atoms with Crippen molar-refractivity contribution in [2.75, 3.05) is 21.2 Å². The van der Waals surface area contributed by atoms with Gasteiger partial charge in [0.2, 0.25) is 0 Å². The van der Waals surface area contributed by atoms with E-state index in [-0.39, 0.29) is 11.8 Å². The second-order valence-electron chi connectivity index (χ2n) is 4.63. The topological polar surface area (TPSA) is 72.2 Å². The summed E-state index contributed by atoms with van der Waals surface area (Å²) >= 11 is 0. The highest BCUT2D eigenvalue weighted by atomic mass is 19.1. The predicted molar refractivity (Wildman–Crippen MR) is 85.0 cm³/mol. The highest BCUT2D eigenvalue weighted by molar-refractivity contribution is 5.79. The van der Waals surface area contributed by atoms with Crippen LogP contribution in [0.3, 0.4) is 0 Å². The van der Waals surface area contributed by atoms with Gasteiger partial charge in [-0.05, 0) is 29.8 Å². The summed E-state index contributed by atoms with van der Waals surface area (Å²) in [6.07, 6.45) is 3.89. The smallest absolute Gasteiger partial charge is 0.347 e. The number of hydrogen-bond donors (Lipinski definition) is 0. The van der Waals surface area contributed by atoms with Crippen LogP contribution in [0.1, 0.15) is 5.56 Å². The first kappa shape index (κ1) is 16.3. The Balaban J connectivity index is 2.04. The van der Waals surface area contributed by atoms with Crippen molar-refractivity contribution in [3.8, 4) is 11.8 Å². The fourth-order valence-electron chi connectivity index (χ4n) is 1.47. The van der Waals surface area contributed by atoms with E-state index in [1.165, 1.54) is 12.6 Å². The number of benzene rings is 1. The summed E-state index contributed by atoms with van der Waals surface area (Å²) in [6.45, 7) is 0. The average Bonchev–Trinajstić information content (AvgIpc) is 2.55. The third kappa shape index (κ3) is 5.03. The molecular formula is C15H16FN5O2. The minimum Gasteiger partial charge on any atom is -0.497 e. The Kier molecular flexibility index (Phi) is 5.56. The lowest BCUT2D eigenvalue weighted by Crippen LogP contribution is -2.07. The Morgan fingerprint density at radius 2 is 1.96 bits per heavy atom. The second-order valence-corrected chi connectivity index (χ2v) is 4.63. The normalized spacial score (nSPS) is 11.1. The first-order valence-electron chi connectivity index (χ1n) is 6.66. The lowest BCUT2D eigenvalue weighted by Gasteiger charge is -2.03.